The standard InChI is InChI=1S/C12H13ClFN3O2S/c1-7-9(12(13)17(2)16-7)6-20(18,19)8-3-4-11(15)10(14)5-8/h3-5H,6,15H2,1-2H3. The van der Waals surface area contributed by atoms with E-state index in [-0.39, 0.29) is 21.5 Å². The lowest BCUT2D eigenvalue weighted by molar-refractivity contribution is 0.590. The summed E-state index contributed by atoms with van der Waals surface area (Å²) in [6, 6.07) is 3.40. The van der Waals surface area contributed by atoms with Crippen LogP contribution in [0.5, 0.6) is 0 Å². The third-order valence-electron chi connectivity index (χ3n) is 2.94. The summed E-state index contributed by atoms with van der Waals surface area (Å²) in [7, 11) is -2.10. The maximum absolute atomic E-state index is 13.4. The average Bonchev–Trinajstić information content (AvgIpc) is 2.59. The number of aromatic nitrogens is 2. The van der Waals surface area contributed by atoms with Crippen molar-refractivity contribution in [1.82, 2.24) is 9.78 Å². The third kappa shape index (κ3) is 2.64. The highest BCUT2D eigenvalue weighted by atomic mass is 35.5. The van der Waals surface area contributed by atoms with Gasteiger partial charge in [-0.1, -0.05) is 11.6 Å². The van der Waals surface area contributed by atoms with Gasteiger partial charge in [-0.05, 0) is 25.1 Å². The van der Waals surface area contributed by atoms with Gasteiger partial charge in [0.05, 0.1) is 22.0 Å². The molecule has 0 amide bonds. The molecule has 20 heavy (non-hydrogen) atoms. The van der Waals surface area contributed by atoms with Gasteiger partial charge in [-0.25, -0.2) is 12.8 Å². The Morgan fingerprint density at radius 1 is 1.45 bits per heavy atom. The van der Waals surface area contributed by atoms with Gasteiger partial charge in [-0.2, -0.15) is 5.10 Å². The van der Waals surface area contributed by atoms with E-state index in [2.05, 4.69) is 5.10 Å². The van der Waals surface area contributed by atoms with E-state index in [0.717, 1.165) is 6.07 Å². The van der Waals surface area contributed by atoms with Crippen LogP contribution in [0.1, 0.15) is 11.3 Å². The van der Waals surface area contributed by atoms with Crippen LogP contribution in [0.25, 0.3) is 0 Å². The maximum Gasteiger partial charge on any atom is 0.182 e. The fraction of sp³-hybridized carbons (Fsp3) is 0.250. The molecule has 1 heterocycles. The number of halogens is 2. The minimum atomic E-state index is -3.72. The number of rotatable bonds is 3. The van der Waals surface area contributed by atoms with Crippen LogP contribution in [0.2, 0.25) is 5.15 Å². The van der Waals surface area contributed by atoms with Crippen LogP contribution in [0.15, 0.2) is 23.1 Å². The number of sulfone groups is 1. The first-order valence-corrected chi connectivity index (χ1v) is 7.71. The molecule has 1 aromatic carbocycles. The molecule has 8 heteroatoms. The fourth-order valence-corrected chi connectivity index (χ4v) is 3.58. The normalized spacial score (nSPS) is 11.8. The van der Waals surface area contributed by atoms with Gasteiger partial charge in [-0.15, -0.1) is 0 Å². The maximum atomic E-state index is 13.4. The van der Waals surface area contributed by atoms with Gasteiger partial charge in [0.15, 0.2) is 9.84 Å². The van der Waals surface area contributed by atoms with Crippen LogP contribution in [0.3, 0.4) is 0 Å². The monoisotopic (exact) mass is 317 g/mol. The number of aryl methyl sites for hydroxylation is 2. The number of nitrogen functional groups attached to an aromatic ring is 1. The first-order valence-electron chi connectivity index (χ1n) is 5.68. The lowest BCUT2D eigenvalue weighted by Gasteiger charge is -2.06. The predicted molar refractivity (Wildman–Crippen MR) is 74.7 cm³/mol. The SMILES string of the molecule is Cc1nn(C)c(Cl)c1CS(=O)(=O)c1ccc(N)c(F)c1. The van der Waals surface area contributed by atoms with Crippen LogP contribution >= 0.6 is 11.6 Å². The van der Waals surface area contributed by atoms with Crippen molar-refractivity contribution in [3.05, 3.63) is 40.4 Å². The summed E-state index contributed by atoms with van der Waals surface area (Å²) in [5, 5.41) is 4.30. The smallest absolute Gasteiger partial charge is 0.182 e. The first-order chi connectivity index (χ1) is 9.22. The van der Waals surface area contributed by atoms with Crippen molar-refractivity contribution in [1.29, 1.82) is 0 Å². The van der Waals surface area contributed by atoms with Crippen molar-refractivity contribution in [2.45, 2.75) is 17.6 Å². The zero-order valence-corrected chi connectivity index (χ0v) is 12.5. The van der Waals surface area contributed by atoms with Gasteiger partial charge >= 0.3 is 0 Å². The number of nitrogens with two attached hydrogens (primary N) is 1. The van der Waals surface area contributed by atoms with Crippen molar-refractivity contribution < 1.29 is 12.8 Å². The summed E-state index contributed by atoms with van der Waals surface area (Å²) in [6.07, 6.45) is 0. The molecule has 2 rings (SSSR count). The quantitative estimate of drug-likeness (QED) is 0.879. The van der Waals surface area contributed by atoms with Crippen molar-refractivity contribution >= 4 is 27.1 Å². The summed E-state index contributed by atoms with van der Waals surface area (Å²) in [6.45, 7) is 1.67. The molecule has 0 aliphatic rings. The number of anilines is 1. The second-order valence-electron chi connectivity index (χ2n) is 4.42. The molecule has 0 radical (unpaired) electrons. The molecule has 5 nitrogen and oxygen atoms in total. The Bertz CT molecular complexity index is 771. The summed E-state index contributed by atoms with van der Waals surface area (Å²) in [4.78, 5) is -0.136. The molecule has 0 atom stereocenters. The Labute approximate surface area is 121 Å². The van der Waals surface area contributed by atoms with Crippen molar-refractivity contribution in [3.8, 4) is 0 Å². The molecule has 0 saturated carbocycles. The molecule has 0 aliphatic heterocycles. The van der Waals surface area contributed by atoms with Crippen LogP contribution in [-0.4, -0.2) is 18.2 Å². The van der Waals surface area contributed by atoms with Gasteiger partial charge < -0.3 is 5.73 Å². The summed E-state index contributed by atoms with van der Waals surface area (Å²) < 4.78 is 39.3. The Balaban J connectivity index is 2.43. The Hall–Kier alpha value is -1.60. The lowest BCUT2D eigenvalue weighted by Crippen LogP contribution is -2.07. The van der Waals surface area contributed by atoms with E-state index in [9.17, 15) is 12.8 Å². The minimum absolute atomic E-state index is 0.0976. The van der Waals surface area contributed by atoms with Crippen LogP contribution in [0.4, 0.5) is 10.1 Å². The van der Waals surface area contributed by atoms with Gasteiger partial charge in [0.2, 0.25) is 0 Å². The molecule has 0 bridgehead atoms. The van der Waals surface area contributed by atoms with E-state index >= 15 is 0 Å². The third-order valence-corrected chi connectivity index (χ3v) is 5.05. The van der Waals surface area contributed by atoms with E-state index in [1.807, 2.05) is 0 Å². The first kappa shape index (κ1) is 14.8. The summed E-state index contributed by atoms with van der Waals surface area (Å²) in [5.74, 6) is -1.10. The Morgan fingerprint density at radius 3 is 2.60 bits per heavy atom. The fourth-order valence-electron chi connectivity index (χ4n) is 1.81. The lowest BCUT2D eigenvalue weighted by atomic mass is 10.3. The molecule has 0 unspecified atom stereocenters. The van der Waals surface area contributed by atoms with E-state index in [0.29, 0.717) is 11.3 Å². The highest BCUT2D eigenvalue weighted by Crippen LogP contribution is 2.25. The van der Waals surface area contributed by atoms with Gasteiger partial charge in [0, 0.05) is 12.6 Å². The molecule has 0 fully saturated rings. The molecule has 108 valence electrons. The average molecular weight is 318 g/mol. The topological polar surface area (TPSA) is 78.0 Å². The summed E-state index contributed by atoms with van der Waals surface area (Å²) >= 11 is 6.01. The second-order valence-corrected chi connectivity index (χ2v) is 6.77. The van der Waals surface area contributed by atoms with Gasteiger partial charge in [0.25, 0.3) is 0 Å². The van der Waals surface area contributed by atoms with Gasteiger partial charge in [0.1, 0.15) is 11.0 Å². The number of benzene rings is 1. The number of hydrogen-bond acceptors (Lipinski definition) is 4. The van der Waals surface area contributed by atoms with E-state index in [4.69, 9.17) is 17.3 Å². The number of nitrogens with zero attached hydrogens (tertiary/aromatic N) is 2. The van der Waals surface area contributed by atoms with Crippen LogP contribution in [0, 0.1) is 12.7 Å². The molecule has 2 aromatic rings. The Kier molecular flexibility index (Phi) is 3.75. The molecule has 0 spiro atoms. The van der Waals surface area contributed by atoms with E-state index in [1.54, 1.807) is 14.0 Å². The van der Waals surface area contributed by atoms with E-state index < -0.39 is 15.7 Å². The van der Waals surface area contributed by atoms with Crippen molar-refractivity contribution in [2.24, 2.45) is 7.05 Å². The number of hydrogen-bond donors (Lipinski definition) is 1. The molecule has 2 N–H and O–H groups in total. The Morgan fingerprint density at radius 2 is 2.10 bits per heavy atom. The molecule has 0 aliphatic carbocycles. The molecular formula is C12H13ClFN3O2S. The van der Waals surface area contributed by atoms with Gasteiger partial charge in [-0.3, -0.25) is 4.68 Å². The second kappa shape index (κ2) is 5.06. The predicted octanol–water partition coefficient (Wildman–Crippen LogP) is 2.08. The van der Waals surface area contributed by atoms with Crippen LogP contribution in [-0.2, 0) is 22.6 Å². The highest BCUT2D eigenvalue weighted by molar-refractivity contribution is 7.90. The molecule has 1 aromatic heterocycles. The zero-order valence-electron chi connectivity index (χ0n) is 10.9. The summed E-state index contributed by atoms with van der Waals surface area (Å²) in [5.41, 5.74) is 6.17. The van der Waals surface area contributed by atoms with E-state index in [1.165, 1.54) is 16.8 Å². The van der Waals surface area contributed by atoms with Crippen molar-refractivity contribution in [3.63, 3.8) is 0 Å². The minimum Gasteiger partial charge on any atom is -0.396 e. The highest BCUT2D eigenvalue weighted by Gasteiger charge is 2.22. The molecule has 0 saturated heterocycles. The van der Waals surface area contributed by atoms with Crippen molar-refractivity contribution in [2.75, 3.05) is 5.73 Å². The largest absolute Gasteiger partial charge is 0.396 e. The zero-order chi connectivity index (χ0) is 15.1. The van der Waals surface area contributed by atoms with Crippen LogP contribution < -0.4 is 5.73 Å². The molecular weight excluding hydrogens is 305 g/mol.